The molecule has 106 valence electrons. The molecular formula is C16H15N3O2. The minimum atomic E-state index is -0.319. The van der Waals surface area contributed by atoms with Gasteiger partial charge >= 0.3 is 0 Å². The molecule has 0 aliphatic heterocycles. The molecule has 1 aromatic carbocycles. The molecule has 0 fully saturated rings. The Morgan fingerprint density at radius 2 is 2.05 bits per heavy atom. The van der Waals surface area contributed by atoms with E-state index in [4.69, 9.17) is 10.00 Å². The Hall–Kier alpha value is -2.87. The first-order valence-electron chi connectivity index (χ1n) is 6.39. The van der Waals surface area contributed by atoms with Crippen molar-refractivity contribution in [2.45, 2.75) is 13.8 Å². The van der Waals surface area contributed by atoms with E-state index >= 15 is 0 Å². The summed E-state index contributed by atoms with van der Waals surface area (Å²) in [6.07, 6.45) is 0. The third kappa shape index (κ3) is 3.00. The highest BCUT2D eigenvalue weighted by molar-refractivity contribution is 6.06. The number of hydrogen-bond donors (Lipinski definition) is 1. The van der Waals surface area contributed by atoms with Crippen LogP contribution >= 0.6 is 0 Å². The van der Waals surface area contributed by atoms with Crippen molar-refractivity contribution in [2.75, 3.05) is 12.4 Å². The lowest BCUT2D eigenvalue weighted by molar-refractivity contribution is 0.102. The number of ether oxygens (including phenoxy) is 1. The van der Waals surface area contributed by atoms with E-state index in [1.807, 2.05) is 13.0 Å². The number of nitriles is 1. The number of anilines is 1. The first kappa shape index (κ1) is 14.5. The number of pyridine rings is 1. The highest BCUT2D eigenvalue weighted by atomic mass is 16.5. The van der Waals surface area contributed by atoms with Gasteiger partial charge in [0.1, 0.15) is 17.5 Å². The van der Waals surface area contributed by atoms with Crippen molar-refractivity contribution in [1.82, 2.24) is 4.98 Å². The van der Waals surface area contributed by atoms with E-state index in [0.29, 0.717) is 28.3 Å². The summed E-state index contributed by atoms with van der Waals surface area (Å²) in [5.74, 6) is 0.126. The second kappa shape index (κ2) is 6.06. The standard InChI is InChI=1S/C16H15N3O2/c1-10-7-8-13(11(2)18-10)16(20)19-15-12(9-17)5-4-6-14(15)21-3/h4-8H,1-3H3,(H,19,20). The van der Waals surface area contributed by atoms with Crippen molar-refractivity contribution in [3.63, 3.8) is 0 Å². The summed E-state index contributed by atoms with van der Waals surface area (Å²) in [4.78, 5) is 16.6. The summed E-state index contributed by atoms with van der Waals surface area (Å²) >= 11 is 0. The van der Waals surface area contributed by atoms with Crippen LogP contribution in [-0.4, -0.2) is 18.0 Å². The van der Waals surface area contributed by atoms with Gasteiger partial charge in [0, 0.05) is 5.69 Å². The molecule has 0 unspecified atom stereocenters. The van der Waals surface area contributed by atoms with Gasteiger partial charge in [0.15, 0.2) is 0 Å². The summed E-state index contributed by atoms with van der Waals surface area (Å²) in [5, 5.41) is 11.9. The van der Waals surface area contributed by atoms with E-state index in [1.165, 1.54) is 7.11 Å². The Morgan fingerprint density at radius 1 is 1.29 bits per heavy atom. The maximum Gasteiger partial charge on any atom is 0.257 e. The first-order chi connectivity index (χ1) is 10.1. The number of methoxy groups -OCH3 is 1. The molecule has 1 N–H and O–H groups in total. The smallest absolute Gasteiger partial charge is 0.257 e. The summed E-state index contributed by atoms with van der Waals surface area (Å²) in [6.45, 7) is 3.64. The van der Waals surface area contributed by atoms with E-state index in [1.54, 1.807) is 37.3 Å². The summed E-state index contributed by atoms with van der Waals surface area (Å²) in [5.41, 5.74) is 2.67. The normalized spacial score (nSPS) is 9.81. The molecule has 0 saturated heterocycles. The van der Waals surface area contributed by atoms with Gasteiger partial charge < -0.3 is 10.1 Å². The number of aryl methyl sites for hydroxylation is 2. The van der Waals surface area contributed by atoms with Crippen molar-refractivity contribution in [2.24, 2.45) is 0 Å². The van der Waals surface area contributed by atoms with E-state index in [2.05, 4.69) is 10.3 Å². The Morgan fingerprint density at radius 3 is 2.67 bits per heavy atom. The van der Waals surface area contributed by atoms with Crippen LogP contribution in [0.25, 0.3) is 0 Å². The van der Waals surface area contributed by atoms with Crippen LogP contribution in [0.15, 0.2) is 30.3 Å². The molecule has 5 nitrogen and oxygen atoms in total. The average Bonchev–Trinajstić information content (AvgIpc) is 2.47. The molecule has 21 heavy (non-hydrogen) atoms. The molecule has 0 atom stereocenters. The van der Waals surface area contributed by atoms with Gasteiger partial charge in [-0.25, -0.2) is 0 Å². The number of para-hydroxylation sites is 1. The summed E-state index contributed by atoms with van der Waals surface area (Å²) in [7, 11) is 1.49. The van der Waals surface area contributed by atoms with Crippen molar-refractivity contribution >= 4 is 11.6 Å². The van der Waals surface area contributed by atoms with E-state index < -0.39 is 0 Å². The number of benzene rings is 1. The lowest BCUT2D eigenvalue weighted by atomic mass is 10.1. The van der Waals surface area contributed by atoms with Crippen molar-refractivity contribution < 1.29 is 9.53 Å². The molecule has 5 heteroatoms. The minimum absolute atomic E-state index is 0.319. The van der Waals surface area contributed by atoms with Crippen LogP contribution in [0, 0.1) is 25.2 Å². The van der Waals surface area contributed by atoms with Crippen molar-refractivity contribution in [1.29, 1.82) is 5.26 Å². The monoisotopic (exact) mass is 281 g/mol. The number of hydrogen-bond acceptors (Lipinski definition) is 4. The van der Waals surface area contributed by atoms with Gasteiger partial charge in [0.05, 0.1) is 23.9 Å². The van der Waals surface area contributed by atoms with Gasteiger partial charge in [0.25, 0.3) is 5.91 Å². The van der Waals surface area contributed by atoms with Gasteiger partial charge in [-0.1, -0.05) is 6.07 Å². The molecule has 2 aromatic rings. The van der Waals surface area contributed by atoms with Gasteiger partial charge in [0.2, 0.25) is 0 Å². The Kier molecular flexibility index (Phi) is 4.19. The zero-order chi connectivity index (χ0) is 15.4. The van der Waals surface area contributed by atoms with E-state index in [-0.39, 0.29) is 5.91 Å². The number of carbonyl (C=O) groups excluding carboxylic acids is 1. The maximum absolute atomic E-state index is 12.4. The molecule has 0 aliphatic rings. The van der Waals surface area contributed by atoms with Crippen LogP contribution in [-0.2, 0) is 0 Å². The van der Waals surface area contributed by atoms with Crippen molar-refractivity contribution in [3.05, 3.63) is 52.8 Å². The largest absolute Gasteiger partial charge is 0.495 e. The lowest BCUT2D eigenvalue weighted by Gasteiger charge is -2.12. The molecule has 0 spiro atoms. The Balaban J connectivity index is 2.38. The first-order valence-corrected chi connectivity index (χ1v) is 6.39. The van der Waals surface area contributed by atoms with Crippen LogP contribution in [0.3, 0.4) is 0 Å². The quantitative estimate of drug-likeness (QED) is 0.938. The fourth-order valence-electron chi connectivity index (χ4n) is 2.03. The number of amides is 1. The number of carbonyl (C=O) groups is 1. The predicted octanol–water partition coefficient (Wildman–Crippen LogP) is 2.83. The molecule has 1 aromatic heterocycles. The fourth-order valence-corrected chi connectivity index (χ4v) is 2.03. The van der Waals surface area contributed by atoms with Gasteiger partial charge in [-0.05, 0) is 38.1 Å². The zero-order valence-electron chi connectivity index (χ0n) is 12.1. The zero-order valence-corrected chi connectivity index (χ0v) is 12.1. The SMILES string of the molecule is COc1cccc(C#N)c1NC(=O)c1ccc(C)nc1C. The van der Waals surface area contributed by atoms with Crippen molar-refractivity contribution in [3.8, 4) is 11.8 Å². The van der Waals surface area contributed by atoms with Crippen LogP contribution in [0.4, 0.5) is 5.69 Å². The number of nitrogens with zero attached hydrogens (tertiary/aromatic N) is 2. The number of nitrogens with one attached hydrogen (secondary N) is 1. The molecule has 2 rings (SSSR count). The van der Waals surface area contributed by atoms with Gasteiger partial charge in [-0.3, -0.25) is 9.78 Å². The molecule has 1 amide bonds. The Labute approximate surface area is 123 Å². The minimum Gasteiger partial charge on any atom is -0.495 e. The molecule has 0 bridgehead atoms. The second-order valence-corrected chi connectivity index (χ2v) is 4.53. The topological polar surface area (TPSA) is 75.0 Å². The van der Waals surface area contributed by atoms with Gasteiger partial charge in [-0.15, -0.1) is 0 Å². The lowest BCUT2D eigenvalue weighted by Crippen LogP contribution is -2.15. The number of aromatic nitrogens is 1. The second-order valence-electron chi connectivity index (χ2n) is 4.53. The third-order valence-corrected chi connectivity index (χ3v) is 3.07. The molecule has 0 saturated carbocycles. The van der Waals surface area contributed by atoms with E-state index in [9.17, 15) is 4.79 Å². The number of rotatable bonds is 3. The van der Waals surface area contributed by atoms with Crippen LogP contribution in [0.5, 0.6) is 5.75 Å². The van der Waals surface area contributed by atoms with Crippen LogP contribution < -0.4 is 10.1 Å². The molecule has 0 aliphatic carbocycles. The fraction of sp³-hybridized carbons (Fsp3) is 0.188. The summed E-state index contributed by atoms with van der Waals surface area (Å²) in [6, 6.07) is 10.5. The highest BCUT2D eigenvalue weighted by Crippen LogP contribution is 2.28. The van der Waals surface area contributed by atoms with Gasteiger partial charge in [-0.2, -0.15) is 5.26 Å². The molecule has 1 heterocycles. The molecule has 0 radical (unpaired) electrons. The molecular weight excluding hydrogens is 266 g/mol. The third-order valence-electron chi connectivity index (χ3n) is 3.07. The van der Waals surface area contributed by atoms with Crippen LogP contribution in [0.2, 0.25) is 0 Å². The van der Waals surface area contributed by atoms with E-state index in [0.717, 1.165) is 5.69 Å². The van der Waals surface area contributed by atoms with Crippen LogP contribution in [0.1, 0.15) is 27.3 Å². The summed E-state index contributed by atoms with van der Waals surface area (Å²) < 4.78 is 5.19. The average molecular weight is 281 g/mol. The highest BCUT2D eigenvalue weighted by Gasteiger charge is 2.15. The predicted molar refractivity (Wildman–Crippen MR) is 79.4 cm³/mol. The Bertz CT molecular complexity index is 733. The maximum atomic E-state index is 12.4.